The van der Waals surface area contributed by atoms with Crippen molar-refractivity contribution in [3.05, 3.63) is 59.7 Å². The molecule has 2 rings (SSSR count). The van der Waals surface area contributed by atoms with E-state index in [0.717, 1.165) is 17.7 Å². The molecule has 2 aromatic rings. The van der Waals surface area contributed by atoms with E-state index in [-0.39, 0.29) is 11.8 Å². The fourth-order valence-electron chi connectivity index (χ4n) is 2.67. The zero-order valence-electron chi connectivity index (χ0n) is 14.9. The molecule has 0 atom stereocenters. The van der Waals surface area contributed by atoms with Crippen LogP contribution in [0.25, 0.3) is 0 Å². The third kappa shape index (κ3) is 4.83. The van der Waals surface area contributed by atoms with Crippen LogP contribution in [0.3, 0.4) is 0 Å². The summed E-state index contributed by atoms with van der Waals surface area (Å²) in [4.78, 5) is 26.0. The first-order valence-corrected chi connectivity index (χ1v) is 8.35. The van der Waals surface area contributed by atoms with E-state index in [2.05, 4.69) is 12.2 Å². The number of carbonyl (C=O) groups excluding carboxylic acids is 2. The molecule has 5 heteroatoms. The first kappa shape index (κ1) is 18.5. The van der Waals surface area contributed by atoms with Crippen molar-refractivity contribution >= 4 is 17.5 Å². The van der Waals surface area contributed by atoms with Crippen LogP contribution in [0.1, 0.15) is 29.8 Å². The first-order chi connectivity index (χ1) is 12.1. The van der Waals surface area contributed by atoms with Gasteiger partial charge < -0.3 is 15.0 Å². The second-order valence-corrected chi connectivity index (χ2v) is 5.64. The van der Waals surface area contributed by atoms with Gasteiger partial charge in [-0.2, -0.15) is 0 Å². The quantitative estimate of drug-likeness (QED) is 0.843. The highest BCUT2D eigenvalue weighted by molar-refractivity contribution is 5.95. The summed E-state index contributed by atoms with van der Waals surface area (Å²) in [5.41, 5.74) is 2.53. The number of benzene rings is 2. The number of methoxy groups -OCH3 is 1. The van der Waals surface area contributed by atoms with Crippen LogP contribution in [0.4, 0.5) is 5.69 Å². The van der Waals surface area contributed by atoms with Gasteiger partial charge in [0.05, 0.1) is 7.11 Å². The third-order valence-electron chi connectivity index (χ3n) is 4.00. The number of nitrogens with one attached hydrogen (secondary N) is 1. The monoisotopic (exact) mass is 340 g/mol. The van der Waals surface area contributed by atoms with Gasteiger partial charge >= 0.3 is 0 Å². The molecule has 0 radical (unpaired) electrons. The molecule has 0 aliphatic heterocycles. The second-order valence-electron chi connectivity index (χ2n) is 5.64. The first-order valence-electron chi connectivity index (χ1n) is 8.35. The van der Waals surface area contributed by atoms with Crippen LogP contribution >= 0.6 is 0 Å². The summed E-state index contributed by atoms with van der Waals surface area (Å²) in [6, 6.07) is 14.8. The third-order valence-corrected chi connectivity index (χ3v) is 4.00. The van der Waals surface area contributed by atoms with Gasteiger partial charge in [-0.3, -0.25) is 9.59 Å². The van der Waals surface area contributed by atoms with Gasteiger partial charge in [-0.05, 0) is 36.2 Å². The SMILES string of the molecule is CCc1ccccc1N(CCNC(=O)c1cccc(OC)c1)C(C)=O. The standard InChI is InChI=1S/C20H24N2O3/c1-4-16-8-5-6-11-19(16)22(15(2)23)13-12-21-20(24)17-9-7-10-18(14-17)25-3/h5-11,14H,4,12-13H2,1-3H3,(H,21,24). The van der Waals surface area contributed by atoms with Gasteiger partial charge in [0.2, 0.25) is 5.91 Å². The van der Waals surface area contributed by atoms with E-state index >= 15 is 0 Å². The van der Waals surface area contributed by atoms with Gasteiger partial charge in [-0.15, -0.1) is 0 Å². The normalized spacial score (nSPS) is 10.2. The van der Waals surface area contributed by atoms with Gasteiger partial charge in [-0.1, -0.05) is 31.2 Å². The van der Waals surface area contributed by atoms with Crippen molar-refractivity contribution in [2.45, 2.75) is 20.3 Å². The number of rotatable bonds is 7. The maximum atomic E-state index is 12.3. The average molecular weight is 340 g/mol. The molecule has 5 nitrogen and oxygen atoms in total. The second kappa shape index (κ2) is 8.87. The lowest BCUT2D eigenvalue weighted by Gasteiger charge is -2.24. The van der Waals surface area contributed by atoms with Crippen LogP contribution in [0.15, 0.2) is 48.5 Å². The highest BCUT2D eigenvalue weighted by Gasteiger charge is 2.15. The van der Waals surface area contributed by atoms with E-state index in [1.54, 1.807) is 36.3 Å². The van der Waals surface area contributed by atoms with Crippen LogP contribution in [0.2, 0.25) is 0 Å². The number of para-hydroxylation sites is 1. The van der Waals surface area contributed by atoms with E-state index < -0.39 is 0 Å². The van der Waals surface area contributed by atoms with Crippen molar-refractivity contribution in [2.75, 3.05) is 25.1 Å². The number of hydrogen-bond acceptors (Lipinski definition) is 3. The topological polar surface area (TPSA) is 58.6 Å². The van der Waals surface area contributed by atoms with E-state index in [4.69, 9.17) is 4.74 Å². The number of carbonyl (C=O) groups is 2. The molecule has 132 valence electrons. The fourth-order valence-corrected chi connectivity index (χ4v) is 2.67. The predicted octanol–water partition coefficient (Wildman–Crippen LogP) is 3.04. The van der Waals surface area contributed by atoms with Crippen LogP contribution < -0.4 is 15.0 Å². The molecule has 0 bridgehead atoms. The van der Waals surface area contributed by atoms with Crippen LogP contribution in [0.5, 0.6) is 5.75 Å². The smallest absolute Gasteiger partial charge is 0.251 e. The molecule has 0 fully saturated rings. The molecule has 0 saturated carbocycles. The lowest BCUT2D eigenvalue weighted by Crippen LogP contribution is -2.38. The van der Waals surface area contributed by atoms with Gasteiger partial charge in [0.15, 0.2) is 0 Å². The summed E-state index contributed by atoms with van der Waals surface area (Å²) in [6.07, 6.45) is 0.843. The van der Waals surface area contributed by atoms with Crippen molar-refractivity contribution in [3.63, 3.8) is 0 Å². The van der Waals surface area contributed by atoms with Gasteiger partial charge in [0.25, 0.3) is 5.91 Å². The molecule has 0 unspecified atom stereocenters. The zero-order valence-corrected chi connectivity index (χ0v) is 14.9. The minimum atomic E-state index is -0.189. The Kier molecular flexibility index (Phi) is 6.57. The van der Waals surface area contributed by atoms with Crippen molar-refractivity contribution in [1.82, 2.24) is 5.32 Å². The Bertz CT molecular complexity index is 743. The lowest BCUT2D eigenvalue weighted by atomic mass is 10.1. The van der Waals surface area contributed by atoms with Gasteiger partial charge in [0.1, 0.15) is 5.75 Å². The molecule has 2 amide bonds. The molecular formula is C20H24N2O3. The Morgan fingerprint density at radius 2 is 1.88 bits per heavy atom. The van der Waals surface area contributed by atoms with Crippen molar-refractivity contribution in [3.8, 4) is 5.75 Å². The van der Waals surface area contributed by atoms with E-state index in [1.807, 2.05) is 24.3 Å². The van der Waals surface area contributed by atoms with Crippen molar-refractivity contribution in [2.24, 2.45) is 0 Å². The lowest BCUT2D eigenvalue weighted by molar-refractivity contribution is -0.116. The number of ether oxygens (including phenoxy) is 1. The molecule has 1 N–H and O–H groups in total. The number of anilines is 1. The molecule has 2 aromatic carbocycles. The van der Waals surface area contributed by atoms with E-state index in [9.17, 15) is 9.59 Å². The summed E-state index contributed by atoms with van der Waals surface area (Å²) in [6.45, 7) is 4.38. The highest BCUT2D eigenvalue weighted by atomic mass is 16.5. The van der Waals surface area contributed by atoms with Gasteiger partial charge in [0, 0.05) is 31.3 Å². The Balaban J connectivity index is 2.02. The van der Waals surface area contributed by atoms with E-state index in [1.165, 1.54) is 6.92 Å². The summed E-state index contributed by atoms with van der Waals surface area (Å²) < 4.78 is 5.13. The Morgan fingerprint density at radius 3 is 2.56 bits per heavy atom. The molecule has 0 aliphatic rings. The molecule has 0 aliphatic carbocycles. The molecule has 25 heavy (non-hydrogen) atoms. The predicted molar refractivity (Wildman–Crippen MR) is 99.2 cm³/mol. The average Bonchev–Trinajstić information content (AvgIpc) is 2.64. The van der Waals surface area contributed by atoms with Crippen LogP contribution in [0, 0.1) is 0 Å². The fraction of sp³-hybridized carbons (Fsp3) is 0.300. The van der Waals surface area contributed by atoms with Gasteiger partial charge in [-0.25, -0.2) is 0 Å². The van der Waals surface area contributed by atoms with E-state index in [0.29, 0.717) is 24.4 Å². The molecular weight excluding hydrogens is 316 g/mol. The maximum absolute atomic E-state index is 12.3. The Labute approximate surface area is 148 Å². The Hall–Kier alpha value is -2.82. The summed E-state index contributed by atoms with van der Waals surface area (Å²) in [5.74, 6) is 0.401. The number of amides is 2. The zero-order chi connectivity index (χ0) is 18.2. The minimum absolute atomic E-state index is 0.0449. The molecule has 0 spiro atoms. The molecule has 0 aromatic heterocycles. The van der Waals surface area contributed by atoms with Crippen LogP contribution in [-0.4, -0.2) is 32.0 Å². The maximum Gasteiger partial charge on any atom is 0.251 e. The number of aryl methyl sites for hydroxylation is 1. The molecule has 0 heterocycles. The van der Waals surface area contributed by atoms with Crippen molar-refractivity contribution < 1.29 is 14.3 Å². The van der Waals surface area contributed by atoms with Crippen LogP contribution in [-0.2, 0) is 11.2 Å². The summed E-state index contributed by atoms with van der Waals surface area (Å²) >= 11 is 0. The highest BCUT2D eigenvalue weighted by Crippen LogP contribution is 2.20. The Morgan fingerprint density at radius 1 is 1.12 bits per heavy atom. The summed E-state index contributed by atoms with van der Waals surface area (Å²) in [7, 11) is 1.56. The minimum Gasteiger partial charge on any atom is -0.497 e. The number of hydrogen-bond donors (Lipinski definition) is 1. The largest absolute Gasteiger partial charge is 0.497 e. The van der Waals surface area contributed by atoms with Crippen molar-refractivity contribution in [1.29, 1.82) is 0 Å². The molecule has 0 saturated heterocycles. The number of nitrogens with zero attached hydrogens (tertiary/aromatic N) is 1. The summed E-state index contributed by atoms with van der Waals surface area (Å²) in [5, 5.41) is 2.85.